The summed E-state index contributed by atoms with van der Waals surface area (Å²) in [6.45, 7) is 1.97. The summed E-state index contributed by atoms with van der Waals surface area (Å²) in [4.78, 5) is 24.7. The number of hydrogen-bond donors (Lipinski definition) is 1. The molecule has 6 heteroatoms. The smallest absolute Gasteiger partial charge is 0.241 e. The first kappa shape index (κ1) is 22.4. The second-order valence-corrected chi connectivity index (χ2v) is 8.02. The lowest BCUT2D eigenvalue weighted by Gasteiger charge is -2.17. The van der Waals surface area contributed by atoms with Gasteiger partial charge >= 0.3 is 0 Å². The largest absolute Gasteiger partial charge is 0.497 e. The minimum absolute atomic E-state index is 0.0410. The highest BCUT2D eigenvalue weighted by atomic mass is 32.2. The van der Waals surface area contributed by atoms with Gasteiger partial charge in [0.05, 0.1) is 13.7 Å². The van der Waals surface area contributed by atoms with E-state index in [1.54, 1.807) is 31.4 Å². The zero-order chi connectivity index (χ0) is 22.1. The molecule has 3 aromatic rings. The lowest BCUT2D eigenvalue weighted by Crippen LogP contribution is -2.20. The molecular formula is C25H25NO4S. The summed E-state index contributed by atoms with van der Waals surface area (Å²) in [5.74, 6) is 1.98. The van der Waals surface area contributed by atoms with Crippen molar-refractivity contribution in [2.45, 2.75) is 12.2 Å². The van der Waals surface area contributed by atoms with Crippen LogP contribution in [0, 0.1) is 0 Å². The summed E-state index contributed by atoms with van der Waals surface area (Å²) in [6.07, 6.45) is 0. The molecule has 1 unspecified atom stereocenters. The van der Waals surface area contributed by atoms with Gasteiger partial charge in [0, 0.05) is 17.0 Å². The van der Waals surface area contributed by atoms with E-state index in [0.717, 1.165) is 17.1 Å². The number of methoxy groups -OCH3 is 1. The monoisotopic (exact) mass is 435 g/mol. The van der Waals surface area contributed by atoms with Crippen LogP contribution in [-0.4, -0.2) is 31.2 Å². The Bertz CT molecular complexity index is 1010. The van der Waals surface area contributed by atoms with Crippen molar-refractivity contribution in [3.63, 3.8) is 0 Å². The number of hydrogen-bond acceptors (Lipinski definition) is 5. The molecule has 0 aliphatic carbocycles. The van der Waals surface area contributed by atoms with Gasteiger partial charge in [0.25, 0.3) is 0 Å². The van der Waals surface area contributed by atoms with Crippen LogP contribution in [-0.2, 0) is 4.79 Å². The quantitative estimate of drug-likeness (QED) is 0.342. The lowest BCUT2D eigenvalue weighted by molar-refractivity contribution is -0.115. The SMILES string of the molecule is COc1ccc(OCCSC(C(=O)Nc2cccc(C(C)=O)c2)c2ccccc2)cc1. The average molecular weight is 436 g/mol. The van der Waals surface area contributed by atoms with Crippen LogP contribution in [0.25, 0.3) is 0 Å². The number of thioether (sulfide) groups is 1. The number of carbonyl (C=O) groups excluding carboxylic acids is 2. The zero-order valence-corrected chi connectivity index (χ0v) is 18.4. The molecule has 31 heavy (non-hydrogen) atoms. The predicted octanol–water partition coefficient (Wildman–Crippen LogP) is 5.39. The van der Waals surface area contributed by atoms with Crippen LogP contribution in [0.4, 0.5) is 5.69 Å². The van der Waals surface area contributed by atoms with Crippen LogP contribution in [0.15, 0.2) is 78.9 Å². The van der Waals surface area contributed by atoms with Crippen LogP contribution >= 0.6 is 11.8 Å². The molecule has 0 heterocycles. The van der Waals surface area contributed by atoms with Crippen molar-refractivity contribution in [3.8, 4) is 11.5 Å². The molecule has 1 N–H and O–H groups in total. The van der Waals surface area contributed by atoms with Gasteiger partial charge in [-0.25, -0.2) is 0 Å². The summed E-state index contributed by atoms with van der Waals surface area (Å²) in [5, 5.41) is 2.54. The molecule has 160 valence electrons. The molecule has 0 saturated carbocycles. The van der Waals surface area contributed by atoms with Gasteiger partial charge in [-0.3, -0.25) is 9.59 Å². The summed E-state index contributed by atoms with van der Waals surface area (Å²) in [5.41, 5.74) is 2.08. The van der Waals surface area contributed by atoms with Crippen molar-refractivity contribution in [3.05, 3.63) is 90.0 Å². The summed E-state index contributed by atoms with van der Waals surface area (Å²) < 4.78 is 10.9. The predicted molar refractivity (Wildman–Crippen MR) is 125 cm³/mol. The summed E-state index contributed by atoms with van der Waals surface area (Å²) in [6, 6.07) is 24.0. The van der Waals surface area contributed by atoms with E-state index in [0.29, 0.717) is 23.6 Å². The molecule has 3 aromatic carbocycles. The molecule has 0 aliphatic heterocycles. The minimum atomic E-state index is -0.401. The third-order valence-electron chi connectivity index (χ3n) is 4.57. The minimum Gasteiger partial charge on any atom is -0.497 e. The first-order valence-corrected chi connectivity index (χ1v) is 11.0. The zero-order valence-electron chi connectivity index (χ0n) is 17.5. The summed E-state index contributed by atoms with van der Waals surface area (Å²) in [7, 11) is 1.62. The van der Waals surface area contributed by atoms with Gasteiger partial charge in [-0.15, -0.1) is 11.8 Å². The fraction of sp³-hybridized carbons (Fsp3) is 0.200. The van der Waals surface area contributed by atoms with Crippen LogP contribution in [0.5, 0.6) is 11.5 Å². The maximum absolute atomic E-state index is 13.1. The van der Waals surface area contributed by atoms with E-state index in [-0.39, 0.29) is 11.7 Å². The van der Waals surface area contributed by atoms with E-state index < -0.39 is 5.25 Å². The molecule has 5 nitrogen and oxygen atoms in total. The molecule has 0 fully saturated rings. The van der Waals surface area contributed by atoms with E-state index in [2.05, 4.69) is 5.32 Å². The number of ether oxygens (including phenoxy) is 2. The normalized spacial score (nSPS) is 11.4. The maximum atomic E-state index is 13.1. The van der Waals surface area contributed by atoms with E-state index in [1.807, 2.05) is 54.6 Å². The van der Waals surface area contributed by atoms with Gasteiger partial charge in [-0.05, 0) is 48.9 Å². The first-order valence-electron chi connectivity index (χ1n) is 9.92. The van der Waals surface area contributed by atoms with Gasteiger partial charge in [0.1, 0.15) is 16.7 Å². The highest BCUT2D eigenvalue weighted by Gasteiger charge is 2.21. The highest BCUT2D eigenvalue weighted by molar-refractivity contribution is 8.00. The number of amides is 1. The van der Waals surface area contributed by atoms with Crippen molar-refractivity contribution < 1.29 is 19.1 Å². The molecule has 0 bridgehead atoms. The van der Waals surface area contributed by atoms with Crippen LogP contribution in [0.1, 0.15) is 28.1 Å². The van der Waals surface area contributed by atoms with Gasteiger partial charge in [0.2, 0.25) is 5.91 Å². The molecule has 0 radical (unpaired) electrons. The van der Waals surface area contributed by atoms with Crippen molar-refractivity contribution in [1.82, 2.24) is 0 Å². The Morgan fingerprint density at radius 2 is 1.65 bits per heavy atom. The van der Waals surface area contributed by atoms with Gasteiger partial charge in [-0.2, -0.15) is 0 Å². The van der Waals surface area contributed by atoms with Gasteiger partial charge < -0.3 is 14.8 Å². The fourth-order valence-corrected chi connectivity index (χ4v) is 3.95. The molecule has 3 rings (SSSR count). The van der Waals surface area contributed by atoms with E-state index in [9.17, 15) is 9.59 Å². The van der Waals surface area contributed by atoms with Crippen LogP contribution < -0.4 is 14.8 Å². The molecule has 0 spiro atoms. The molecule has 1 amide bonds. The van der Waals surface area contributed by atoms with Crippen molar-refractivity contribution in [2.75, 3.05) is 24.8 Å². The standard InChI is InChI=1S/C25H25NO4S/c1-18(27)20-9-6-10-21(17-20)26-25(28)24(19-7-4-3-5-8-19)31-16-15-30-23-13-11-22(29-2)12-14-23/h3-14,17,24H,15-16H2,1-2H3,(H,26,28). The topological polar surface area (TPSA) is 64.6 Å². The number of rotatable bonds is 10. The number of carbonyl (C=O) groups is 2. The maximum Gasteiger partial charge on any atom is 0.241 e. The Hall–Kier alpha value is -3.25. The number of benzene rings is 3. The molecule has 0 aliphatic rings. The molecule has 0 saturated heterocycles. The van der Waals surface area contributed by atoms with Crippen molar-refractivity contribution in [2.24, 2.45) is 0 Å². The Morgan fingerprint density at radius 1 is 0.935 bits per heavy atom. The number of nitrogens with one attached hydrogen (secondary N) is 1. The second-order valence-electron chi connectivity index (χ2n) is 6.81. The van der Waals surface area contributed by atoms with E-state index >= 15 is 0 Å². The number of ketones is 1. The average Bonchev–Trinajstić information content (AvgIpc) is 2.80. The van der Waals surface area contributed by atoms with E-state index in [1.165, 1.54) is 18.7 Å². The van der Waals surface area contributed by atoms with Crippen LogP contribution in [0.2, 0.25) is 0 Å². The molecular weight excluding hydrogens is 410 g/mol. The van der Waals surface area contributed by atoms with Crippen molar-refractivity contribution >= 4 is 29.1 Å². The summed E-state index contributed by atoms with van der Waals surface area (Å²) >= 11 is 1.51. The Balaban J connectivity index is 1.63. The first-order chi connectivity index (χ1) is 15.1. The van der Waals surface area contributed by atoms with Crippen molar-refractivity contribution in [1.29, 1.82) is 0 Å². The molecule has 0 aromatic heterocycles. The number of Topliss-reactive ketones (excluding diaryl/α,β-unsaturated/α-hetero) is 1. The Morgan fingerprint density at radius 3 is 2.32 bits per heavy atom. The fourth-order valence-electron chi connectivity index (χ4n) is 2.97. The van der Waals surface area contributed by atoms with Gasteiger partial charge in [-0.1, -0.05) is 42.5 Å². The Labute approximate surface area is 186 Å². The molecule has 1 atom stereocenters. The second kappa shape index (κ2) is 11.2. The highest BCUT2D eigenvalue weighted by Crippen LogP contribution is 2.30. The Kier molecular flexibility index (Phi) is 8.12. The third kappa shape index (κ3) is 6.62. The van der Waals surface area contributed by atoms with E-state index in [4.69, 9.17) is 9.47 Å². The van der Waals surface area contributed by atoms with Gasteiger partial charge in [0.15, 0.2) is 5.78 Å². The number of anilines is 1. The third-order valence-corrected chi connectivity index (χ3v) is 5.80. The van der Waals surface area contributed by atoms with Crippen LogP contribution in [0.3, 0.4) is 0 Å². The lowest BCUT2D eigenvalue weighted by atomic mass is 10.1.